The number of nitrogens with zero attached hydrogens (tertiary/aromatic N) is 2. The van der Waals surface area contributed by atoms with Crippen LogP contribution in [0.4, 0.5) is 11.4 Å². The van der Waals surface area contributed by atoms with E-state index in [0.717, 1.165) is 11.8 Å². The number of non-ortho nitro benzene ring substituents is 1. The molecule has 0 unspecified atom stereocenters. The lowest BCUT2D eigenvalue weighted by Gasteiger charge is -1.98. The smallest absolute Gasteiger partial charge is 0.270 e. The number of halogens is 1. The monoisotopic (exact) mass is 359 g/mol. The van der Waals surface area contributed by atoms with Crippen molar-refractivity contribution in [2.45, 2.75) is 0 Å². The molecule has 0 aliphatic carbocycles. The molecule has 0 radical (unpaired) electrons. The predicted molar refractivity (Wildman–Crippen MR) is 95.4 cm³/mol. The van der Waals surface area contributed by atoms with Gasteiger partial charge in [-0.1, -0.05) is 35.9 Å². The van der Waals surface area contributed by atoms with Gasteiger partial charge in [0.15, 0.2) is 5.17 Å². The van der Waals surface area contributed by atoms with Crippen molar-refractivity contribution in [3.05, 3.63) is 74.1 Å². The first-order valence-corrected chi connectivity index (χ1v) is 8.01. The van der Waals surface area contributed by atoms with E-state index in [1.54, 1.807) is 42.5 Å². The van der Waals surface area contributed by atoms with Gasteiger partial charge in [0.25, 0.3) is 11.6 Å². The van der Waals surface area contributed by atoms with Crippen molar-refractivity contribution in [2.24, 2.45) is 4.99 Å². The lowest BCUT2D eigenvalue weighted by atomic mass is 10.2. The fourth-order valence-corrected chi connectivity index (χ4v) is 3.02. The van der Waals surface area contributed by atoms with Crippen LogP contribution in [0.1, 0.15) is 5.56 Å². The van der Waals surface area contributed by atoms with Gasteiger partial charge >= 0.3 is 0 Å². The van der Waals surface area contributed by atoms with Crippen molar-refractivity contribution in [3.8, 4) is 0 Å². The van der Waals surface area contributed by atoms with Gasteiger partial charge in [0, 0.05) is 12.1 Å². The molecule has 120 valence electrons. The van der Waals surface area contributed by atoms with E-state index in [2.05, 4.69) is 10.3 Å². The topological polar surface area (TPSA) is 84.6 Å². The Morgan fingerprint density at radius 3 is 2.75 bits per heavy atom. The minimum absolute atomic E-state index is 0.0299. The number of hydrogen-bond acceptors (Lipinski definition) is 5. The number of aliphatic imine (C=N–C) groups is 1. The maximum Gasteiger partial charge on any atom is 0.270 e. The number of rotatable bonds is 3. The number of hydrogen-bond donors (Lipinski definition) is 1. The number of amidine groups is 1. The molecule has 0 bridgehead atoms. The molecule has 1 fully saturated rings. The average Bonchev–Trinajstić information content (AvgIpc) is 2.89. The third-order valence-corrected chi connectivity index (χ3v) is 4.33. The molecular weight excluding hydrogens is 350 g/mol. The molecule has 24 heavy (non-hydrogen) atoms. The molecule has 1 aliphatic heterocycles. The van der Waals surface area contributed by atoms with Crippen LogP contribution in [0.5, 0.6) is 0 Å². The molecule has 6 nitrogen and oxygen atoms in total. The Hall–Kier alpha value is -2.64. The third kappa shape index (κ3) is 3.64. The van der Waals surface area contributed by atoms with E-state index in [1.165, 1.54) is 12.1 Å². The van der Waals surface area contributed by atoms with Crippen LogP contribution in [0.3, 0.4) is 0 Å². The second-order valence-electron chi connectivity index (χ2n) is 4.79. The van der Waals surface area contributed by atoms with Crippen molar-refractivity contribution in [1.82, 2.24) is 5.32 Å². The summed E-state index contributed by atoms with van der Waals surface area (Å²) in [5, 5.41) is 14.4. The number of amides is 1. The van der Waals surface area contributed by atoms with Gasteiger partial charge in [-0.15, -0.1) is 0 Å². The first kappa shape index (κ1) is 16.2. The summed E-state index contributed by atoms with van der Waals surface area (Å²) in [6, 6.07) is 13.1. The fraction of sp³-hybridized carbons (Fsp3) is 0. The highest BCUT2D eigenvalue weighted by Crippen LogP contribution is 2.31. The van der Waals surface area contributed by atoms with Gasteiger partial charge in [-0.05, 0) is 35.5 Å². The van der Waals surface area contributed by atoms with Gasteiger partial charge in [0.05, 0.1) is 20.5 Å². The molecule has 2 aromatic carbocycles. The molecule has 0 saturated carbocycles. The second-order valence-corrected chi connectivity index (χ2v) is 6.22. The predicted octanol–water partition coefficient (Wildman–Crippen LogP) is 4.14. The normalized spacial score (nSPS) is 17.3. The molecule has 1 amide bonds. The summed E-state index contributed by atoms with van der Waals surface area (Å²) in [5.74, 6) is -0.308. The summed E-state index contributed by atoms with van der Waals surface area (Å²) in [4.78, 5) is 27.1. The summed E-state index contributed by atoms with van der Waals surface area (Å²) in [6.07, 6.45) is 1.59. The quantitative estimate of drug-likeness (QED) is 0.507. The van der Waals surface area contributed by atoms with Gasteiger partial charge < -0.3 is 5.32 Å². The molecule has 1 heterocycles. The zero-order valence-corrected chi connectivity index (χ0v) is 13.7. The molecular formula is C16H10ClN3O3S. The number of para-hydroxylation sites is 1. The van der Waals surface area contributed by atoms with E-state index in [0.29, 0.717) is 26.3 Å². The number of carbonyl (C=O) groups excluding carboxylic acids is 1. The van der Waals surface area contributed by atoms with Crippen LogP contribution < -0.4 is 5.32 Å². The Bertz CT molecular complexity index is 896. The Labute approximate surface area is 146 Å². The number of nitro benzene ring substituents is 1. The second kappa shape index (κ2) is 6.86. The van der Waals surface area contributed by atoms with Crippen LogP contribution in [0.15, 0.2) is 58.4 Å². The highest BCUT2D eigenvalue weighted by Gasteiger charge is 2.24. The highest BCUT2D eigenvalue weighted by atomic mass is 35.5. The molecule has 0 atom stereocenters. The largest absolute Gasteiger partial charge is 0.300 e. The lowest BCUT2D eigenvalue weighted by molar-refractivity contribution is -0.384. The number of nitrogens with one attached hydrogen (secondary N) is 1. The van der Waals surface area contributed by atoms with E-state index in [4.69, 9.17) is 11.6 Å². The molecule has 3 rings (SSSR count). The molecule has 1 N–H and O–H groups in total. The molecule has 1 saturated heterocycles. The van der Waals surface area contributed by atoms with Gasteiger partial charge in [-0.25, -0.2) is 4.99 Å². The summed E-state index contributed by atoms with van der Waals surface area (Å²) >= 11 is 7.20. The lowest BCUT2D eigenvalue weighted by Crippen LogP contribution is -2.19. The van der Waals surface area contributed by atoms with E-state index in [9.17, 15) is 14.9 Å². The van der Waals surface area contributed by atoms with Crippen molar-refractivity contribution in [1.29, 1.82) is 0 Å². The highest BCUT2D eigenvalue weighted by molar-refractivity contribution is 8.18. The van der Waals surface area contributed by atoms with Gasteiger partial charge in [0.2, 0.25) is 0 Å². The van der Waals surface area contributed by atoms with E-state index >= 15 is 0 Å². The summed E-state index contributed by atoms with van der Waals surface area (Å²) in [7, 11) is 0. The Kier molecular flexibility index (Phi) is 4.64. The summed E-state index contributed by atoms with van der Waals surface area (Å²) in [6.45, 7) is 0. The Morgan fingerprint density at radius 2 is 2.00 bits per heavy atom. The maximum absolute atomic E-state index is 12.0. The molecule has 0 aromatic heterocycles. The maximum atomic E-state index is 12.0. The van der Waals surface area contributed by atoms with Crippen molar-refractivity contribution >= 4 is 51.9 Å². The van der Waals surface area contributed by atoms with Crippen molar-refractivity contribution in [2.75, 3.05) is 0 Å². The van der Waals surface area contributed by atoms with Gasteiger partial charge in [-0.3, -0.25) is 14.9 Å². The zero-order chi connectivity index (χ0) is 17.1. The third-order valence-electron chi connectivity index (χ3n) is 3.10. The number of nitro groups is 1. The summed E-state index contributed by atoms with van der Waals surface area (Å²) in [5.41, 5.74) is 1.09. The van der Waals surface area contributed by atoms with Crippen LogP contribution >= 0.6 is 23.4 Å². The molecule has 0 spiro atoms. The van der Waals surface area contributed by atoms with Crippen molar-refractivity contribution in [3.63, 3.8) is 0 Å². The fourth-order valence-electron chi connectivity index (χ4n) is 2.01. The van der Waals surface area contributed by atoms with Crippen LogP contribution in [0.25, 0.3) is 6.08 Å². The average molecular weight is 360 g/mol. The van der Waals surface area contributed by atoms with Crippen LogP contribution in [-0.2, 0) is 4.79 Å². The van der Waals surface area contributed by atoms with Gasteiger partial charge in [-0.2, -0.15) is 0 Å². The molecule has 1 aliphatic rings. The van der Waals surface area contributed by atoms with Crippen molar-refractivity contribution < 1.29 is 9.72 Å². The molecule has 2 aromatic rings. The summed E-state index contributed by atoms with van der Waals surface area (Å²) < 4.78 is 0. The van der Waals surface area contributed by atoms with Gasteiger partial charge in [0.1, 0.15) is 0 Å². The minimum Gasteiger partial charge on any atom is -0.300 e. The Balaban J connectivity index is 1.86. The van der Waals surface area contributed by atoms with E-state index < -0.39 is 4.92 Å². The number of thioether (sulfide) groups is 1. The van der Waals surface area contributed by atoms with Crippen LogP contribution in [0.2, 0.25) is 5.02 Å². The number of benzene rings is 2. The minimum atomic E-state index is -0.478. The van der Waals surface area contributed by atoms with E-state index in [1.807, 2.05) is 0 Å². The van der Waals surface area contributed by atoms with Crippen LogP contribution in [0, 0.1) is 10.1 Å². The number of carbonyl (C=O) groups is 1. The van der Waals surface area contributed by atoms with Crippen LogP contribution in [-0.4, -0.2) is 16.0 Å². The SMILES string of the molecule is O=C1NC(=Nc2ccccc2Cl)SC1=Cc1cccc([N+](=O)[O-])c1. The standard InChI is InChI=1S/C16H10ClN3O3S/c17-12-6-1-2-7-13(12)18-16-19-15(21)14(24-16)9-10-4-3-5-11(8-10)20(22)23/h1-9H,(H,18,19,21). The zero-order valence-electron chi connectivity index (χ0n) is 12.1. The molecule has 8 heteroatoms. The van der Waals surface area contributed by atoms with E-state index in [-0.39, 0.29) is 11.6 Å². The first-order valence-electron chi connectivity index (χ1n) is 6.81. The first-order chi connectivity index (χ1) is 11.5. The Morgan fingerprint density at radius 1 is 1.21 bits per heavy atom.